The first-order chi connectivity index (χ1) is 8.88. The van der Waals surface area contributed by atoms with Crippen molar-refractivity contribution in [1.82, 2.24) is 4.90 Å². The molecule has 0 saturated carbocycles. The van der Waals surface area contributed by atoms with E-state index in [0.717, 1.165) is 17.9 Å². The first kappa shape index (κ1) is 17.0. The number of ketones is 1. The molecule has 0 atom stereocenters. The van der Waals surface area contributed by atoms with Gasteiger partial charge in [-0.2, -0.15) is 13.2 Å². The lowest BCUT2D eigenvalue weighted by Crippen LogP contribution is -2.30. The highest BCUT2D eigenvalue weighted by Gasteiger charge is 2.31. The van der Waals surface area contributed by atoms with Crippen molar-refractivity contribution in [2.24, 2.45) is 0 Å². The highest BCUT2D eigenvalue weighted by atomic mass is 79.9. The van der Waals surface area contributed by atoms with Crippen molar-refractivity contribution in [1.29, 1.82) is 5.41 Å². The average molecular weight is 369 g/mol. The van der Waals surface area contributed by atoms with Crippen molar-refractivity contribution >= 4 is 39.7 Å². The molecule has 0 bridgehead atoms. The first-order valence-corrected chi connectivity index (χ1v) is 6.53. The Hall–Kier alpha value is -1.02. The molecular weight excluding hydrogens is 357 g/mol. The van der Waals surface area contributed by atoms with E-state index in [1.54, 1.807) is 4.90 Å². The number of nitrogens with zero attached hydrogens (tertiary/aromatic N) is 1. The Morgan fingerprint density at radius 2 is 2.10 bits per heavy atom. The molecule has 1 heterocycles. The molecule has 0 aromatic heterocycles. The molecule has 0 radical (unpaired) electrons. The van der Waals surface area contributed by atoms with Gasteiger partial charge in [0.1, 0.15) is 0 Å². The minimum atomic E-state index is -4.45. The number of carbonyl (C=O) groups excluding carboxylic acids is 1. The van der Waals surface area contributed by atoms with Crippen LogP contribution in [-0.4, -0.2) is 34.7 Å². The zero-order valence-corrected chi connectivity index (χ0v) is 12.8. The van der Waals surface area contributed by atoms with Crippen LogP contribution in [0.3, 0.4) is 0 Å². The number of alkyl halides is 3. The SMILES string of the molecule is Br.N=C1SCCN1CC(=O)c1cccc(C(F)(F)F)c1. The van der Waals surface area contributed by atoms with Gasteiger partial charge in [-0.3, -0.25) is 10.2 Å². The van der Waals surface area contributed by atoms with Crippen molar-refractivity contribution in [3.63, 3.8) is 0 Å². The number of halogens is 4. The molecule has 3 nitrogen and oxygen atoms in total. The number of amidine groups is 1. The molecule has 1 aromatic carbocycles. The van der Waals surface area contributed by atoms with E-state index >= 15 is 0 Å². The van der Waals surface area contributed by atoms with Crippen LogP contribution in [0.2, 0.25) is 0 Å². The number of rotatable bonds is 3. The van der Waals surface area contributed by atoms with Crippen LogP contribution in [0.5, 0.6) is 0 Å². The molecular formula is C12H12BrF3N2OS. The standard InChI is InChI=1S/C12H11F3N2OS.BrH/c13-12(14,15)9-3-1-2-8(6-9)10(18)7-17-4-5-19-11(17)16;/h1-3,6,16H,4-5,7H2;1H. The van der Waals surface area contributed by atoms with Gasteiger partial charge < -0.3 is 4.90 Å². The Bertz CT molecular complexity index is 522. The number of Topliss-reactive ketones (excluding diaryl/α,β-unsaturated/α-hetero) is 1. The average Bonchev–Trinajstić information content (AvgIpc) is 2.74. The molecule has 20 heavy (non-hydrogen) atoms. The lowest BCUT2D eigenvalue weighted by molar-refractivity contribution is -0.137. The van der Waals surface area contributed by atoms with E-state index in [1.165, 1.54) is 23.9 Å². The third-order valence-electron chi connectivity index (χ3n) is 2.73. The van der Waals surface area contributed by atoms with Gasteiger partial charge >= 0.3 is 6.18 Å². The number of thioether (sulfide) groups is 1. The fourth-order valence-corrected chi connectivity index (χ4v) is 2.57. The highest BCUT2D eigenvalue weighted by molar-refractivity contribution is 8.93. The van der Waals surface area contributed by atoms with Crippen LogP contribution < -0.4 is 0 Å². The summed E-state index contributed by atoms with van der Waals surface area (Å²) in [5.41, 5.74) is -0.802. The summed E-state index contributed by atoms with van der Waals surface area (Å²) in [5.74, 6) is 0.327. The van der Waals surface area contributed by atoms with E-state index in [-0.39, 0.29) is 29.1 Å². The maximum Gasteiger partial charge on any atom is 0.416 e. The molecule has 1 N–H and O–H groups in total. The van der Waals surface area contributed by atoms with Crippen LogP contribution in [0.1, 0.15) is 15.9 Å². The van der Waals surface area contributed by atoms with Crippen LogP contribution in [0.4, 0.5) is 13.2 Å². The molecule has 1 aromatic rings. The van der Waals surface area contributed by atoms with Gasteiger partial charge in [-0.15, -0.1) is 17.0 Å². The lowest BCUT2D eigenvalue weighted by atomic mass is 10.1. The summed E-state index contributed by atoms with van der Waals surface area (Å²) in [4.78, 5) is 13.5. The predicted octanol–water partition coefficient (Wildman–Crippen LogP) is 3.45. The van der Waals surface area contributed by atoms with Crippen molar-refractivity contribution in [2.75, 3.05) is 18.8 Å². The summed E-state index contributed by atoms with van der Waals surface area (Å²) in [7, 11) is 0. The van der Waals surface area contributed by atoms with Gasteiger partial charge in [0.2, 0.25) is 0 Å². The zero-order chi connectivity index (χ0) is 14.0. The fraction of sp³-hybridized carbons (Fsp3) is 0.333. The molecule has 0 aliphatic carbocycles. The third-order valence-corrected chi connectivity index (χ3v) is 3.65. The smallest absolute Gasteiger partial charge is 0.343 e. The largest absolute Gasteiger partial charge is 0.416 e. The van der Waals surface area contributed by atoms with Gasteiger partial charge in [0.25, 0.3) is 0 Å². The Balaban J connectivity index is 0.00000200. The third kappa shape index (κ3) is 3.99. The second-order valence-electron chi connectivity index (χ2n) is 4.08. The number of hydrogen-bond donors (Lipinski definition) is 1. The van der Waals surface area contributed by atoms with Gasteiger partial charge in [-0.05, 0) is 12.1 Å². The first-order valence-electron chi connectivity index (χ1n) is 5.54. The van der Waals surface area contributed by atoms with Crippen molar-refractivity contribution in [3.8, 4) is 0 Å². The van der Waals surface area contributed by atoms with E-state index in [2.05, 4.69) is 0 Å². The molecule has 110 valence electrons. The fourth-order valence-electron chi connectivity index (χ4n) is 1.73. The number of carbonyl (C=O) groups is 1. The number of nitrogens with one attached hydrogen (secondary N) is 1. The van der Waals surface area contributed by atoms with Gasteiger partial charge in [0, 0.05) is 17.9 Å². The summed E-state index contributed by atoms with van der Waals surface area (Å²) in [6.07, 6.45) is -4.45. The molecule has 1 aliphatic rings. The van der Waals surface area contributed by atoms with E-state index in [1.807, 2.05) is 0 Å². The van der Waals surface area contributed by atoms with Crippen molar-refractivity contribution in [3.05, 3.63) is 35.4 Å². The monoisotopic (exact) mass is 368 g/mol. The van der Waals surface area contributed by atoms with E-state index in [4.69, 9.17) is 5.41 Å². The summed E-state index contributed by atoms with van der Waals surface area (Å²) in [6.45, 7) is 0.529. The molecule has 2 rings (SSSR count). The Morgan fingerprint density at radius 3 is 2.65 bits per heavy atom. The van der Waals surface area contributed by atoms with Gasteiger partial charge in [0.15, 0.2) is 11.0 Å². The van der Waals surface area contributed by atoms with Gasteiger partial charge in [-0.25, -0.2) is 0 Å². The molecule has 0 amide bonds. The molecule has 1 saturated heterocycles. The molecule has 0 spiro atoms. The minimum Gasteiger partial charge on any atom is -0.343 e. The van der Waals surface area contributed by atoms with E-state index in [0.29, 0.717) is 11.7 Å². The number of benzene rings is 1. The van der Waals surface area contributed by atoms with Crippen LogP contribution in [0.15, 0.2) is 24.3 Å². The summed E-state index contributed by atoms with van der Waals surface area (Å²) >= 11 is 1.33. The summed E-state index contributed by atoms with van der Waals surface area (Å²) < 4.78 is 37.6. The highest BCUT2D eigenvalue weighted by Crippen LogP contribution is 2.29. The zero-order valence-electron chi connectivity index (χ0n) is 10.2. The van der Waals surface area contributed by atoms with Crippen LogP contribution in [0.25, 0.3) is 0 Å². The molecule has 0 unspecified atom stereocenters. The van der Waals surface area contributed by atoms with Crippen molar-refractivity contribution < 1.29 is 18.0 Å². The van der Waals surface area contributed by atoms with Crippen LogP contribution in [0, 0.1) is 5.41 Å². The Morgan fingerprint density at radius 1 is 1.40 bits per heavy atom. The molecule has 1 fully saturated rings. The summed E-state index contributed by atoms with van der Waals surface area (Å²) in [6, 6.07) is 4.38. The molecule has 8 heteroatoms. The quantitative estimate of drug-likeness (QED) is 0.831. The minimum absolute atomic E-state index is 0. The number of hydrogen-bond acceptors (Lipinski definition) is 3. The van der Waals surface area contributed by atoms with Crippen molar-refractivity contribution in [2.45, 2.75) is 6.18 Å². The van der Waals surface area contributed by atoms with Gasteiger partial charge in [-0.1, -0.05) is 23.9 Å². The Kier molecular flexibility index (Phi) is 5.64. The van der Waals surface area contributed by atoms with E-state index in [9.17, 15) is 18.0 Å². The molecule has 1 aliphatic heterocycles. The topological polar surface area (TPSA) is 44.2 Å². The van der Waals surface area contributed by atoms with Crippen LogP contribution >= 0.6 is 28.7 Å². The normalized spacial score (nSPS) is 15.2. The second kappa shape index (κ2) is 6.62. The lowest BCUT2D eigenvalue weighted by Gasteiger charge is -2.15. The second-order valence-corrected chi connectivity index (χ2v) is 5.16. The Labute approximate surface area is 128 Å². The van der Waals surface area contributed by atoms with Crippen LogP contribution in [-0.2, 0) is 6.18 Å². The summed E-state index contributed by atoms with van der Waals surface area (Å²) in [5, 5.41) is 7.85. The van der Waals surface area contributed by atoms with Gasteiger partial charge in [0.05, 0.1) is 12.1 Å². The predicted molar refractivity (Wildman–Crippen MR) is 77.9 cm³/mol. The van der Waals surface area contributed by atoms with E-state index < -0.39 is 17.5 Å². The maximum atomic E-state index is 12.5. The maximum absolute atomic E-state index is 12.5.